The zero-order valence-corrected chi connectivity index (χ0v) is 9.49. The molecule has 0 atom stereocenters. The van der Waals surface area contributed by atoms with Crippen molar-refractivity contribution in [2.75, 3.05) is 13.1 Å². The van der Waals surface area contributed by atoms with Crippen molar-refractivity contribution in [3.05, 3.63) is 0 Å². The fourth-order valence-electron chi connectivity index (χ4n) is 2.02. The lowest BCUT2D eigenvalue weighted by atomic mass is 10.1. The average Bonchev–Trinajstić information content (AvgIpc) is 2.22. The Balaban J connectivity index is 2.00. The third kappa shape index (κ3) is 7.34. The molecule has 14 heavy (non-hydrogen) atoms. The van der Waals surface area contributed by atoms with Gasteiger partial charge < -0.3 is 0 Å². The molecule has 0 spiro atoms. The SMILES string of the molecule is C1CCCCCCNNCCCCC1. The molecule has 0 bridgehead atoms. The van der Waals surface area contributed by atoms with E-state index in [-0.39, 0.29) is 0 Å². The monoisotopic (exact) mass is 198 g/mol. The molecule has 0 amide bonds. The van der Waals surface area contributed by atoms with Gasteiger partial charge in [-0.15, -0.1) is 0 Å². The largest absolute Gasteiger partial charge is 0.258 e. The second-order valence-corrected chi connectivity index (χ2v) is 4.39. The van der Waals surface area contributed by atoms with Gasteiger partial charge >= 0.3 is 0 Å². The molecule has 1 heterocycles. The number of hydrazine groups is 1. The minimum Gasteiger partial charge on any atom is -0.258 e. The van der Waals surface area contributed by atoms with Gasteiger partial charge in [0.1, 0.15) is 0 Å². The molecule has 2 heteroatoms. The third-order valence-electron chi connectivity index (χ3n) is 2.98. The van der Waals surface area contributed by atoms with E-state index in [1.54, 1.807) is 0 Å². The molecule has 0 saturated carbocycles. The minimum atomic E-state index is 1.14. The highest BCUT2D eigenvalue weighted by Gasteiger charge is 1.95. The number of hydrogen-bond donors (Lipinski definition) is 2. The Bertz CT molecular complexity index is 61.6. The average molecular weight is 198 g/mol. The minimum absolute atomic E-state index is 1.14. The van der Waals surface area contributed by atoms with E-state index >= 15 is 0 Å². The van der Waals surface area contributed by atoms with Gasteiger partial charge in [-0.05, 0) is 12.8 Å². The molecular weight excluding hydrogens is 172 g/mol. The van der Waals surface area contributed by atoms with Gasteiger partial charge in [0.2, 0.25) is 0 Å². The molecule has 2 N–H and O–H groups in total. The molecule has 0 radical (unpaired) electrons. The van der Waals surface area contributed by atoms with Gasteiger partial charge in [-0.2, -0.15) is 0 Å². The van der Waals surface area contributed by atoms with Crippen LogP contribution in [0.5, 0.6) is 0 Å². The summed E-state index contributed by atoms with van der Waals surface area (Å²) in [7, 11) is 0. The third-order valence-corrected chi connectivity index (χ3v) is 2.98. The lowest BCUT2D eigenvalue weighted by molar-refractivity contribution is 0.468. The van der Waals surface area contributed by atoms with Gasteiger partial charge in [0.15, 0.2) is 0 Å². The van der Waals surface area contributed by atoms with Crippen LogP contribution < -0.4 is 10.9 Å². The number of nitrogens with one attached hydrogen (secondary N) is 2. The van der Waals surface area contributed by atoms with E-state index in [0.717, 1.165) is 13.1 Å². The van der Waals surface area contributed by atoms with Crippen LogP contribution in [0.2, 0.25) is 0 Å². The maximum Gasteiger partial charge on any atom is 0.00997 e. The van der Waals surface area contributed by atoms with Gasteiger partial charge in [0.25, 0.3) is 0 Å². The van der Waals surface area contributed by atoms with Gasteiger partial charge in [-0.3, -0.25) is 10.9 Å². The van der Waals surface area contributed by atoms with Crippen molar-refractivity contribution in [1.29, 1.82) is 0 Å². The molecule has 0 aromatic carbocycles. The predicted molar refractivity (Wildman–Crippen MR) is 62.2 cm³/mol. The van der Waals surface area contributed by atoms with E-state index in [2.05, 4.69) is 10.9 Å². The van der Waals surface area contributed by atoms with Crippen molar-refractivity contribution < 1.29 is 0 Å². The second kappa shape index (κ2) is 9.47. The lowest BCUT2D eigenvalue weighted by Crippen LogP contribution is -2.33. The molecule has 1 aliphatic rings. The van der Waals surface area contributed by atoms with Crippen LogP contribution in [-0.4, -0.2) is 13.1 Å². The Morgan fingerprint density at radius 2 is 0.643 bits per heavy atom. The van der Waals surface area contributed by atoms with Crippen molar-refractivity contribution in [1.82, 2.24) is 10.9 Å². The van der Waals surface area contributed by atoms with Crippen molar-refractivity contribution in [3.8, 4) is 0 Å². The molecule has 1 fully saturated rings. The number of hydrogen-bond acceptors (Lipinski definition) is 2. The molecule has 0 aromatic heterocycles. The van der Waals surface area contributed by atoms with Crippen molar-refractivity contribution in [2.24, 2.45) is 0 Å². The maximum absolute atomic E-state index is 3.29. The van der Waals surface area contributed by atoms with Crippen LogP contribution in [0.3, 0.4) is 0 Å². The van der Waals surface area contributed by atoms with Crippen LogP contribution >= 0.6 is 0 Å². The van der Waals surface area contributed by atoms with Gasteiger partial charge in [-0.1, -0.05) is 51.4 Å². The van der Waals surface area contributed by atoms with Crippen LogP contribution in [0.25, 0.3) is 0 Å². The van der Waals surface area contributed by atoms with E-state index in [0.29, 0.717) is 0 Å². The predicted octanol–water partition coefficient (Wildman–Crippen LogP) is 3.00. The van der Waals surface area contributed by atoms with Gasteiger partial charge in [0.05, 0.1) is 0 Å². The van der Waals surface area contributed by atoms with Crippen LogP contribution in [-0.2, 0) is 0 Å². The highest BCUT2D eigenvalue weighted by Crippen LogP contribution is 2.10. The van der Waals surface area contributed by atoms with Crippen LogP contribution in [0, 0.1) is 0 Å². The van der Waals surface area contributed by atoms with E-state index in [9.17, 15) is 0 Å². The van der Waals surface area contributed by atoms with Crippen LogP contribution in [0.4, 0.5) is 0 Å². The van der Waals surface area contributed by atoms with Crippen molar-refractivity contribution in [3.63, 3.8) is 0 Å². The van der Waals surface area contributed by atoms with Crippen LogP contribution in [0.15, 0.2) is 0 Å². The first-order valence-electron chi connectivity index (χ1n) is 6.46. The van der Waals surface area contributed by atoms with E-state index in [4.69, 9.17) is 0 Å². The summed E-state index contributed by atoms with van der Waals surface area (Å²) in [6, 6.07) is 0. The summed E-state index contributed by atoms with van der Waals surface area (Å²) in [4.78, 5) is 0. The van der Waals surface area contributed by atoms with Crippen LogP contribution in [0.1, 0.15) is 64.2 Å². The van der Waals surface area contributed by atoms with Gasteiger partial charge in [-0.25, -0.2) is 0 Å². The fourth-order valence-corrected chi connectivity index (χ4v) is 2.02. The fraction of sp³-hybridized carbons (Fsp3) is 1.00. The summed E-state index contributed by atoms with van der Waals surface area (Å²) < 4.78 is 0. The first-order valence-corrected chi connectivity index (χ1v) is 6.46. The second-order valence-electron chi connectivity index (χ2n) is 4.39. The molecule has 0 unspecified atom stereocenters. The number of rotatable bonds is 0. The first-order chi connectivity index (χ1) is 7.00. The summed E-state index contributed by atoms with van der Waals surface area (Å²) in [6.45, 7) is 2.28. The summed E-state index contributed by atoms with van der Waals surface area (Å²) >= 11 is 0. The summed E-state index contributed by atoms with van der Waals surface area (Å²) in [5.41, 5.74) is 6.58. The van der Waals surface area contributed by atoms with E-state index in [1.807, 2.05) is 0 Å². The molecule has 1 saturated heterocycles. The van der Waals surface area contributed by atoms with Crippen molar-refractivity contribution in [2.45, 2.75) is 64.2 Å². The van der Waals surface area contributed by atoms with Crippen molar-refractivity contribution >= 4 is 0 Å². The zero-order chi connectivity index (χ0) is 9.90. The highest BCUT2D eigenvalue weighted by atomic mass is 15.3. The first kappa shape index (κ1) is 12.0. The Kier molecular flexibility index (Phi) is 8.12. The molecule has 1 aliphatic heterocycles. The highest BCUT2D eigenvalue weighted by molar-refractivity contribution is 4.51. The molecular formula is C12H26N2. The summed E-state index contributed by atoms with van der Waals surface area (Å²) in [5, 5.41) is 0. The Morgan fingerprint density at radius 1 is 0.357 bits per heavy atom. The smallest absolute Gasteiger partial charge is 0.00997 e. The van der Waals surface area contributed by atoms with E-state index in [1.165, 1.54) is 64.2 Å². The topological polar surface area (TPSA) is 24.1 Å². The standard InChI is InChI=1S/C12H26N2/c1-2-4-6-8-10-12-14-13-11-9-7-5-3-1/h13-14H,1-12H2. The quantitative estimate of drug-likeness (QED) is 0.625. The molecule has 84 valence electrons. The summed E-state index contributed by atoms with van der Waals surface area (Å²) in [5.74, 6) is 0. The molecule has 1 rings (SSSR count). The van der Waals surface area contributed by atoms with Gasteiger partial charge in [0, 0.05) is 13.1 Å². The lowest BCUT2D eigenvalue weighted by Gasteiger charge is -2.08. The molecule has 2 nitrogen and oxygen atoms in total. The maximum atomic E-state index is 3.29. The Morgan fingerprint density at radius 3 is 1.00 bits per heavy atom. The Hall–Kier alpha value is -0.0800. The molecule has 0 aromatic rings. The van der Waals surface area contributed by atoms with E-state index < -0.39 is 0 Å². The zero-order valence-electron chi connectivity index (χ0n) is 9.49. The normalized spacial score (nSPS) is 24.0. The Labute approximate surface area is 88.8 Å². The summed E-state index contributed by atoms with van der Waals surface area (Å²) in [6.07, 6.45) is 14.1. The molecule has 0 aliphatic carbocycles.